The van der Waals surface area contributed by atoms with Gasteiger partial charge in [0.1, 0.15) is 6.61 Å². The number of morpholine rings is 1. The van der Waals surface area contributed by atoms with Crippen molar-refractivity contribution in [3.63, 3.8) is 0 Å². The van der Waals surface area contributed by atoms with Crippen molar-refractivity contribution >= 4 is 17.0 Å². The van der Waals surface area contributed by atoms with E-state index < -0.39 is 0 Å². The topological polar surface area (TPSA) is 77.7 Å². The van der Waals surface area contributed by atoms with Crippen LogP contribution in [0.5, 0.6) is 5.75 Å². The molecule has 25 heavy (non-hydrogen) atoms. The molecule has 0 spiro atoms. The van der Waals surface area contributed by atoms with Gasteiger partial charge < -0.3 is 18.8 Å². The molecular weight excluding hydrogens is 322 g/mol. The number of benzene rings is 1. The molecule has 0 bridgehead atoms. The van der Waals surface area contributed by atoms with Gasteiger partial charge in [-0.2, -0.15) is 4.98 Å². The van der Waals surface area contributed by atoms with E-state index in [1.54, 1.807) is 30.6 Å². The van der Waals surface area contributed by atoms with Gasteiger partial charge in [-0.15, -0.1) is 0 Å². The van der Waals surface area contributed by atoms with Crippen LogP contribution in [-0.2, 0) is 11.3 Å². The molecule has 1 saturated heterocycles. The Balaban J connectivity index is 1.68. The van der Waals surface area contributed by atoms with Crippen LogP contribution in [0.3, 0.4) is 0 Å². The Morgan fingerprint density at radius 3 is 2.72 bits per heavy atom. The summed E-state index contributed by atoms with van der Waals surface area (Å²) in [6.45, 7) is 2.82. The minimum absolute atomic E-state index is 0.306. The summed E-state index contributed by atoms with van der Waals surface area (Å²) in [5.41, 5.74) is 1.08. The van der Waals surface area contributed by atoms with Crippen molar-refractivity contribution in [3.05, 3.63) is 58.6 Å². The van der Waals surface area contributed by atoms with Crippen molar-refractivity contribution in [2.75, 3.05) is 31.2 Å². The molecule has 0 N–H and O–H groups in total. The second-order valence-corrected chi connectivity index (χ2v) is 5.68. The van der Waals surface area contributed by atoms with E-state index in [-0.39, 0.29) is 5.56 Å². The Morgan fingerprint density at radius 1 is 1.12 bits per heavy atom. The Bertz CT molecular complexity index is 921. The molecule has 2 aromatic heterocycles. The highest BCUT2D eigenvalue weighted by atomic mass is 16.5. The van der Waals surface area contributed by atoms with E-state index in [9.17, 15) is 4.79 Å². The third-order valence-electron chi connectivity index (χ3n) is 4.03. The SMILES string of the molecule is O=c1nc(N2CCOCC2)oc2c(OCc3ccncc3)cccc12. The highest BCUT2D eigenvalue weighted by Crippen LogP contribution is 2.27. The molecule has 0 atom stereocenters. The molecule has 7 heteroatoms. The van der Waals surface area contributed by atoms with Crippen LogP contribution in [0.15, 0.2) is 51.9 Å². The predicted octanol–water partition coefficient (Wildman–Crippen LogP) is 2.00. The van der Waals surface area contributed by atoms with E-state index in [4.69, 9.17) is 13.9 Å². The molecule has 0 unspecified atom stereocenters. The summed E-state index contributed by atoms with van der Waals surface area (Å²) in [4.78, 5) is 22.3. The van der Waals surface area contributed by atoms with Crippen molar-refractivity contribution < 1.29 is 13.9 Å². The Hall–Kier alpha value is -2.93. The van der Waals surface area contributed by atoms with E-state index in [2.05, 4.69) is 9.97 Å². The lowest BCUT2D eigenvalue weighted by Gasteiger charge is -2.26. The van der Waals surface area contributed by atoms with Gasteiger partial charge in [-0.25, -0.2) is 0 Å². The van der Waals surface area contributed by atoms with Gasteiger partial charge in [-0.3, -0.25) is 9.78 Å². The van der Waals surface area contributed by atoms with Crippen molar-refractivity contribution in [2.45, 2.75) is 6.61 Å². The van der Waals surface area contributed by atoms with Crippen molar-refractivity contribution in [1.29, 1.82) is 0 Å². The molecule has 4 rings (SSSR count). The quantitative estimate of drug-likeness (QED) is 0.719. The lowest BCUT2D eigenvalue weighted by Crippen LogP contribution is -2.37. The summed E-state index contributed by atoms with van der Waals surface area (Å²) in [5, 5.41) is 0.407. The van der Waals surface area contributed by atoms with Gasteiger partial charge in [0.25, 0.3) is 5.56 Å². The zero-order chi connectivity index (χ0) is 17.1. The van der Waals surface area contributed by atoms with Crippen LogP contribution in [0, 0.1) is 0 Å². The first-order chi connectivity index (χ1) is 12.3. The van der Waals surface area contributed by atoms with Gasteiger partial charge in [0.15, 0.2) is 11.3 Å². The molecule has 0 saturated carbocycles. The number of para-hydroxylation sites is 1. The third-order valence-corrected chi connectivity index (χ3v) is 4.03. The highest BCUT2D eigenvalue weighted by molar-refractivity contribution is 5.82. The zero-order valence-electron chi connectivity index (χ0n) is 13.6. The number of anilines is 1. The lowest BCUT2D eigenvalue weighted by atomic mass is 10.2. The van der Waals surface area contributed by atoms with E-state index in [1.165, 1.54) is 0 Å². The number of rotatable bonds is 4. The van der Waals surface area contributed by atoms with Crippen LogP contribution >= 0.6 is 0 Å². The molecular formula is C18H17N3O4. The smallest absolute Gasteiger partial charge is 0.301 e. The number of hydrogen-bond acceptors (Lipinski definition) is 7. The number of hydrogen-bond donors (Lipinski definition) is 0. The van der Waals surface area contributed by atoms with Crippen LogP contribution in [0.1, 0.15) is 5.56 Å². The third kappa shape index (κ3) is 3.32. The fourth-order valence-electron chi connectivity index (χ4n) is 2.69. The monoisotopic (exact) mass is 339 g/mol. The van der Waals surface area contributed by atoms with Gasteiger partial charge >= 0.3 is 6.01 Å². The molecule has 0 radical (unpaired) electrons. The summed E-state index contributed by atoms with van der Waals surface area (Å²) in [6.07, 6.45) is 3.42. The molecule has 7 nitrogen and oxygen atoms in total. The maximum Gasteiger partial charge on any atom is 0.301 e. The van der Waals surface area contributed by atoms with Crippen LogP contribution in [0.25, 0.3) is 11.0 Å². The first kappa shape index (κ1) is 15.6. The molecule has 128 valence electrons. The molecule has 1 aliphatic heterocycles. The Kier molecular flexibility index (Phi) is 4.30. The summed E-state index contributed by atoms with van der Waals surface area (Å²) in [7, 11) is 0. The van der Waals surface area contributed by atoms with Crippen LogP contribution in [0.2, 0.25) is 0 Å². The number of pyridine rings is 1. The van der Waals surface area contributed by atoms with Crippen LogP contribution in [-0.4, -0.2) is 36.3 Å². The predicted molar refractivity (Wildman–Crippen MR) is 91.9 cm³/mol. The van der Waals surface area contributed by atoms with E-state index >= 15 is 0 Å². The molecule has 3 aromatic rings. The summed E-state index contributed by atoms with van der Waals surface area (Å²) >= 11 is 0. The van der Waals surface area contributed by atoms with Crippen LogP contribution < -0.4 is 15.2 Å². The van der Waals surface area contributed by atoms with Crippen molar-refractivity contribution in [1.82, 2.24) is 9.97 Å². The van der Waals surface area contributed by atoms with E-state index in [0.717, 1.165) is 5.56 Å². The fraction of sp³-hybridized carbons (Fsp3) is 0.278. The average Bonchev–Trinajstić information content (AvgIpc) is 2.68. The minimum Gasteiger partial charge on any atom is -0.485 e. The first-order valence-corrected chi connectivity index (χ1v) is 8.09. The minimum atomic E-state index is -0.322. The molecule has 1 fully saturated rings. The zero-order valence-corrected chi connectivity index (χ0v) is 13.6. The Labute approximate surface area is 143 Å². The van der Waals surface area contributed by atoms with Gasteiger partial charge in [-0.05, 0) is 29.8 Å². The largest absolute Gasteiger partial charge is 0.485 e. The number of ether oxygens (including phenoxy) is 2. The van der Waals surface area contributed by atoms with Crippen LogP contribution in [0.4, 0.5) is 6.01 Å². The second kappa shape index (κ2) is 6.90. The van der Waals surface area contributed by atoms with E-state index in [0.29, 0.717) is 55.6 Å². The maximum absolute atomic E-state index is 12.4. The molecule has 1 aromatic carbocycles. The maximum atomic E-state index is 12.4. The van der Waals surface area contributed by atoms with Gasteiger partial charge in [-0.1, -0.05) is 6.07 Å². The summed E-state index contributed by atoms with van der Waals surface area (Å²) in [6, 6.07) is 9.30. The second-order valence-electron chi connectivity index (χ2n) is 5.68. The van der Waals surface area contributed by atoms with Crippen molar-refractivity contribution in [3.8, 4) is 5.75 Å². The lowest BCUT2D eigenvalue weighted by molar-refractivity contribution is 0.120. The number of fused-ring (bicyclic) bond motifs is 1. The van der Waals surface area contributed by atoms with E-state index in [1.807, 2.05) is 17.0 Å². The van der Waals surface area contributed by atoms with Gasteiger partial charge in [0.2, 0.25) is 0 Å². The molecule has 0 aliphatic carbocycles. The number of nitrogens with zero attached hydrogens (tertiary/aromatic N) is 3. The number of aromatic nitrogens is 2. The standard InChI is InChI=1S/C18H17N3O4/c22-17-14-2-1-3-15(24-12-13-4-6-19-7-5-13)16(14)25-18(20-17)21-8-10-23-11-9-21/h1-7H,8-12H2. The Morgan fingerprint density at radius 2 is 1.92 bits per heavy atom. The summed E-state index contributed by atoms with van der Waals surface area (Å²) < 4.78 is 17.1. The van der Waals surface area contributed by atoms with Gasteiger partial charge in [0.05, 0.1) is 18.6 Å². The van der Waals surface area contributed by atoms with Crippen molar-refractivity contribution in [2.24, 2.45) is 0 Å². The highest BCUT2D eigenvalue weighted by Gasteiger charge is 2.18. The van der Waals surface area contributed by atoms with Gasteiger partial charge in [0, 0.05) is 25.5 Å². The summed E-state index contributed by atoms with van der Waals surface area (Å²) in [5.74, 6) is 0.517. The average molecular weight is 339 g/mol. The first-order valence-electron chi connectivity index (χ1n) is 8.09. The normalized spacial score (nSPS) is 14.6. The molecule has 1 aliphatic rings. The molecule has 0 amide bonds. The molecule has 3 heterocycles. The fourth-order valence-corrected chi connectivity index (χ4v) is 2.69.